The Balaban J connectivity index is 1.74. The topological polar surface area (TPSA) is 26.8 Å². The number of amides is 2. The Morgan fingerprint density at radius 3 is 2.23 bits per heavy atom. The highest BCUT2D eigenvalue weighted by atomic mass is 19.4. The van der Waals surface area contributed by atoms with E-state index in [9.17, 15) is 18.0 Å². The fourth-order valence-corrected chi connectivity index (χ4v) is 3.58. The summed E-state index contributed by atoms with van der Waals surface area (Å²) in [6, 6.07) is 12.5. The van der Waals surface area contributed by atoms with E-state index < -0.39 is 11.7 Å². The Morgan fingerprint density at radius 1 is 0.962 bits per heavy atom. The molecule has 0 saturated carbocycles. The molecule has 2 amide bonds. The lowest BCUT2D eigenvalue weighted by molar-refractivity contribution is -0.137. The Morgan fingerprint density at radius 2 is 1.62 bits per heavy atom. The molecule has 2 heterocycles. The lowest BCUT2D eigenvalue weighted by Gasteiger charge is -2.28. The van der Waals surface area contributed by atoms with Crippen LogP contribution in [0.3, 0.4) is 0 Å². The van der Waals surface area contributed by atoms with Crippen LogP contribution in [-0.4, -0.2) is 29.1 Å². The van der Waals surface area contributed by atoms with E-state index in [0.717, 1.165) is 36.2 Å². The maximum Gasteiger partial charge on any atom is 0.416 e. The molecule has 2 fully saturated rings. The van der Waals surface area contributed by atoms with Gasteiger partial charge >= 0.3 is 12.2 Å². The summed E-state index contributed by atoms with van der Waals surface area (Å²) >= 11 is 0. The number of urea groups is 1. The van der Waals surface area contributed by atoms with Crippen molar-refractivity contribution in [3.8, 4) is 0 Å². The van der Waals surface area contributed by atoms with Gasteiger partial charge in [-0.25, -0.2) is 4.79 Å². The number of hydrazine groups is 1. The van der Waals surface area contributed by atoms with E-state index in [1.54, 1.807) is 9.91 Å². The molecule has 1 atom stereocenters. The third-order valence-corrected chi connectivity index (χ3v) is 4.87. The van der Waals surface area contributed by atoms with Crippen molar-refractivity contribution < 1.29 is 18.0 Å². The zero-order valence-electron chi connectivity index (χ0n) is 14.2. The Bertz CT molecular complexity index is 817. The zero-order valence-corrected chi connectivity index (χ0v) is 14.2. The van der Waals surface area contributed by atoms with Gasteiger partial charge in [0.05, 0.1) is 5.56 Å². The summed E-state index contributed by atoms with van der Waals surface area (Å²) in [5.41, 5.74) is 1.79. The van der Waals surface area contributed by atoms with Crippen molar-refractivity contribution in [3.05, 3.63) is 65.2 Å². The molecular formula is C19H18F3N3O. The van der Waals surface area contributed by atoms with Crippen LogP contribution in [0.5, 0.6) is 0 Å². The number of benzene rings is 2. The van der Waals surface area contributed by atoms with Gasteiger partial charge in [0.1, 0.15) is 6.17 Å². The van der Waals surface area contributed by atoms with Gasteiger partial charge in [-0.05, 0) is 43.2 Å². The van der Waals surface area contributed by atoms with Gasteiger partial charge in [0.15, 0.2) is 0 Å². The van der Waals surface area contributed by atoms with E-state index in [1.807, 2.05) is 36.2 Å². The quantitative estimate of drug-likeness (QED) is 0.783. The first-order valence-electron chi connectivity index (χ1n) is 8.47. The fourth-order valence-electron chi connectivity index (χ4n) is 3.58. The van der Waals surface area contributed by atoms with E-state index in [-0.39, 0.29) is 12.2 Å². The molecule has 4 rings (SSSR count). The van der Waals surface area contributed by atoms with Crippen molar-refractivity contribution in [2.24, 2.45) is 0 Å². The van der Waals surface area contributed by atoms with Gasteiger partial charge < -0.3 is 0 Å². The third kappa shape index (κ3) is 2.72. The number of nitrogens with zero attached hydrogens (tertiary/aromatic N) is 3. The van der Waals surface area contributed by atoms with E-state index in [0.29, 0.717) is 12.2 Å². The maximum absolute atomic E-state index is 12.9. The summed E-state index contributed by atoms with van der Waals surface area (Å²) < 4.78 is 38.5. The number of alkyl halides is 3. The predicted molar refractivity (Wildman–Crippen MR) is 91.3 cm³/mol. The van der Waals surface area contributed by atoms with Crippen LogP contribution in [-0.2, 0) is 6.18 Å². The number of carbonyl (C=O) groups excluding carboxylic acids is 1. The molecule has 4 nitrogen and oxygen atoms in total. The highest BCUT2D eigenvalue weighted by Crippen LogP contribution is 2.41. The highest BCUT2D eigenvalue weighted by Gasteiger charge is 2.47. The largest absolute Gasteiger partial charge is 0.416 e. The van der Waals surface area contributed by atoms with Crippen LogP contribution in [0.2, 0.25) is 0 Å². The normalized spacial score (nSPS) is 20.8. The van der Waals surface area contributed by atoms with Gasteiger partial charge in [-0.15, -0.1) is 0 Å². The smallest absolute Gasteiger partial charge is 0.271 e. The molecule has 7 heteroatoms. The number of fused-ring (bicyclic) bond motifs is 1. The van der Waals surface area contributed by atoms with Crippen LogP contribution in [0.4, 0.5) is 23.7 Å². The summed E-state index contributed by atoms with van der Waals surface area (Å²) in [5, 5.41) is 3.67. The fraction of sp³-hybridized carbons (Fsp3) is 0.316. The van der Waals surface area contributed by atoms with E-state index >= 15 is 0 Å². The monoisotopic (exact) mass is 361 g/mol. The third-order valence-electron chi connectivity index (χ3n) is 4.87. The van der Waals surface area contributed by atoms with Crippen LogP contribution in [0.25, 0.3) is 0 Å². The van der Waals surface area contributed by atoms with Crippen LogP contribution in [0.1, 0.15) is 29.3 Å². The van der Waals surface area contributed by atoms with Crippen molar-refractivity contribution in [2.75, 3.05) is 18.0 Å². The average molecular weight is 361 g/mol. The molecule has 2 aromatic carbocycles. The molecule has 2 aliphatic heterocycles. The Hall–Kier alpha value is -2.54. The first kappa shape index (κ1) is 16.9. The lowest BCUT2D eigenvalue weighted by Crippen LogP contribution is -2.32. The molecule has 26 heavy (non-hydrogen) atoms. The number of carbonyl (C=O) groups is 1. The SMILES string of the molecule is Cc1ccc([C@@H]2N(c3ccc(C(F)(F)F)cc3)C(=O)N3CCCN23)cc1. The molecule has 0 spiro atoms. The van der Waals surface area contributed by atoms with E-state index in [4.69, 9.17) is 0 Å². The van der Waals surface area contributed by atoms with Gasteiger partial charge in [0.2, 0.25) is 0 Å². The van der Waals surface area contributed by atoms with E-state index in [1.165, 1.54) is 12.1 Å². The molecular weight excluding hydrogens is 343 g/mol. The zero-order chi connectivity index (χ0) is 18.5. The highest BCUT2D eigenvalue weighted by molar-refractivity contribution is 5.94. The average Bonchev–Trinajstić information content (AvgIpc) is 3.17. The summed E-state index contributed by atoms with van der Waals surface area (Å²) in [7, 11) is 0. The molecule has 2 aromatic rings. The van der Waals surface area contributed by atoms with Crippen LogP contribution in [0.15, 0.2) is 48.5 Å². The number of anilines is 1. The summed E-state index contributed by atoms with van der Waals surface area (Å²) in [5.74, 6) is 0. The second kappa shape index (κ2) is 6.02. The molecule has 2 saturated heterocycles. The van der Waals surface area contributed by atoms with Gasteiger partial charge in [0.25, 0.3) is 0 Å². The van der Waals surface area contributed by atoms with Gasteiger partial charge in [-0.2, -0.15) is 18.2 Å². The van der Waals surface area contributed by atoms with Gasteiger partial charge in [-0.3, -0.25) is 9.91 Å². The number of rotatable bonds is 2. The van der Waals surface area contributed by atoms with Crippen molar-refractivity contribution >= 4 is 11.7 Å². The first-order chi connectivity index (χ1) is 12.4. The van der Waals surface area contributed by atoms with E-state index in [2.05, 4.69) is 0 Å². The molecule has 0 unspecified atom stereocenters. The Kier molecular flexibility index (Phi) is 3.91. The second-order valence-electron chi connectivity index (χ2n) is 6.62. The molecule has 0 bridgehead atoms. The van der Waals surface area contributed by atoms with Gasteiger partial charge in [-0.1, -0.05) is 29.8 Å². The van der Waals surface area contributed by atoms with Gasteiger partial charge in [0, 0.05) is 18.8 Å². The molecule has 0 aromatic heterocycles. The summed E-state index contributed by atoms with van der Waals surface area (Å²) in [6.45, 7) is 3.35. The van der Waals surface area contributed by atoms with Crippen molar-refractivity contribution in [1.29, 1.82) is 0 Å². The molecule has 0 N–H and O–H groups in total. The van der Waals surface area contributed by atoms with Crippen LogP contribution in [0, 0.1) is 6.92 Å². The lowest BCUT2D eigenvalue weighted by atomic mass is 10.1. The number of halogens is 3. The minimum Gasteiger partial charge on any atom is -0.271 e. The standard InChI is InChI=1S/C19H18F3N3O/c1-13-3-5-14(6-4-13)17-23-11-2-12-24(23)18(26)25(17)16-9-7-15(8-10-16)19(20,21)22/h3-10,17H,2,11-12H2,1H3/t17-/m0/s1. The number of hydrogen-bond donors (Lipinski definition) is 0. The molecule has 0 aliphatic carbocycles. The molecule has 2 aliphatic rings. The molecule has 136 valence electrons. The summed E-state index contributed by atoms with van der Waals surface area (Å²) in [6.07, 6.45) is -3.86. The number of hydrogen-bond acceptors (Lipinski definition) is 2. The van der Waals surface area contributed by atoms with Crippen LogP contribution >= 0.6 is 0 Å². The van der Waals surface area contributed by atoms with Crippen LogP contribution < -0.4 is 4.90 Å². The molecule has 0 radical (unpaired) electrons. The second-order valence-corrected chi connectivity index (χ2v) is 6.62. The number of aryl methyl sites for hydroxylation is 1. The maximum atomic E-state index is 12.9. The van der Waals surface area contributed by atoms with Crippen molar-refractivity contribution in [2.45, 2.75) is 25.7 Å². The van der Waals surface area contributed by atoms with Crippen molar-refractivity contribution in [1.82, 2.24) is 10.0 Å². The Labute approximate surface area is 149 Å². The summed E-state index contributed by atoms with van der Waals surface area (Å²) in [4.78, 5) is 14.5. The first-order valence-corrected chi connectivity index (χ1v) is 8.47. The minimum atomic E-state index is -4.40. The minimum absolute atomic E-state index is 0.201. The van der Waals surface area contributed by atoms with Crippen molar-refractivity contribution in [3.63, 3.8) is 0 Å². The predicted octanol–water partition coefficient (Wildman–Crippen LogP) is 4.58.